The molecular weight excluding hydrogens is 292 g/mol. The number of carbonyl (C=O) groups is 3. The second kappa shape index (κ2) is 7.12. The Bertz CT molecular complexity index is 562. The van der Waals surface area contributed by atoms with Crippen LogP contribution in [-0.4, -0.2) is 52.5 Å². The Labute approximate surface area is 126 Å². The van der Waals surface area contributed by atoms with Gasteiger partial charge in [-0.2, -0.15) is 0 Å². The molecule has 2 amide bonds. The monoisotopic (exact) mass is 308 g/mol. The average Bonchev–Trinajstić information content (AvgIpc) is 2.84. The highest BCUT2D eigenvalue weighted by Crippen LogP contribution is 2.14. The van der Waals surface area contributed by atoms with Gasteiger partial charge in [-0.15, -0.1) is 11.8 Å². The Morgan fingerprint density at radius 1 is 1.33 bits per heavy atom. The first kappa shape index (κ1) is 15.4. The number of thioether (sulfide) groups is 1. The summed E-state index contributed by atoms with van der Waals surface area (Å²) in [6.45, 7) is 0.407. The predicted molar refractivity (Wildman–Crippen MR) is 79.2 cm³/mol. The third-order valence-electron chi connectivity index (χ3n) is 3.12. The molecule has 0 aromatic heterocycles. The molecule has 1 heterocycles. The van der Waals surface area contributed by atoms with E-state index in [1.807, 2.05) is 0 Å². The van der Waals surface area contributed by atoms with Crippen molar-refractivity contribution in [2.24, 2.45) is 0 Å². The number of carboxylic acid groups (broad SMARTS) is 1. The van der Waals surface area contributed by atoms with Crippen LogP contribution in [-0.2, 0) is 16.0 Å². The molecule has 1 aliphatic heterocycles. The normalized spacial score (nSPS) is 14.3. The minimum Gasteiger partial charge on any atom is -0.478 e. The number of hydrogen-bond donors (Lipinski definition) is 2. The first-order valence-corrected chi connectivity index (χ1v) is 7.67. The zero-order valence-corrected chi connectivity index (χ0v) is 12.2. The van der Waals surface area contributed by atoms with E-state index in [1.165, 1.54) is 16.7 Å². The van der Waals surface area contributed by atoms with Crippen molar-refractivity contribution in [1.82, 2.24) is 10.2 Å². The lowest BCUT2D eigenvalue weighted by Gasteiger charge is -2.14. The fourth-order valence-electron chi connectivity index (χ4n) is 2.05. The number of carbonyl (C=O) groups excluding carboxylic acids is 2. The molecule has 7 heteroatoms. The molecule has 0 radical (unpaired) electrons. The van der Waals surface area contributed by atoms with Crippen molar-refractivity contribution in [3.63, 3.8) is 0 Å². The first-order chi connectivity index (χ1) is 10.1. The smallest absolute Gasteiger partial charge is 0.335 e. The maximum atomic E-state index is 11.7. The zero-order chi connectivity index (χ0) is 15.2. The Balaban J connectivity index is 1.80. The highest BCUT2D eigenvalue weighted by atomic mass is 32.2. The number of aromatic carboxylic acids is 1. The van der Waals surface area contributed by atoms with Crippen molar-refractivity contribution in [3.8, 4) is 0 Å². The molecule has 0 unspecified atom stereocenters. The number of nitrogens with one attached hydrogen (secondary N) is 1. The van der Waals surface area contributed by atoms with Crippen LogP contribution in [0, 0.1) is 0 Å². The number of benzene rings is 1. The van der Waals surface area contributed by atoms with E-state index in [0.29, 0.717) is 30.2 Å². The first-order valence-electron chi connectivity index (χ1n) is 6.51. The van der Waals surface area contributed by atoms with Gasteiger partial charge >= 0.3 is 5.97 Å². The highest BCUT2D eigenvalue weighted by Gasteiger charge is 2.22. The van der Waals surface area contributed by atoms with Crippen molar-refractivity contribution >= 4 is 29.5 Å². The summed E-state index contributed by atoms with van der Waals surface area (Å²) in [7, 11) is 0. The number of hydrogen-bond acceptors (Lipinski definition) is 4. The van der Waals surface area contributed by atoms with Gasteiger partial charge < -0.3 is 15.3 Å². The number of rotatable bonds is 6. The number of carboxylic acids is 1. The van der Waals surface area contributed by atoms with E-state index in [9.17, 15) is 14.4 Å². The molecule has 2 N–H and O–H groups in total. The number of nitrogens with zero attached hydrogens (tertiary/aromatic N) is 1. The van der Waals surface area contributed by atoms with E-state index < -0.39 is 5.97 Å². The predicted octanol–water partition coefficient (Wildman–Crippen LogP) is 0.576. The molecule has 0 bridgehead atoms. The molecule has 112 valence electrons. The van der Waals surface area contributed by atoms with E-state index >= 15 is 0 Å². The van der Waals surface area contributed by atoms with Gasteiger partial charge in [0.2, 0.25) is 11.8 Å². The highest BCUT2D eigenvalue weighted by molar-refractivity contribution is 8.00. The Morgan fingerprint density at radius 3 is 2.76 bits per heavy atom. The molecule has 0 atom stereocenters. The lowest BCUT2D eigenvalue weighted by Crippen LogP contribution is -2.38. The lowest BCUT2D eigenvalue weighted by atomic mass is 10.0. The Hall–Kier alpha value is -2.02. The summed E-state index contributed by atoms with van der Waals surface area (Å²) in [6, 6.07) is 6.71. The maximum absolute atomic E-state index is 11.7. The van der Waals surface area contributed by atoms with Crippen molar-refractivity contribution in [3.05, 3.63) is 35.4 Å². The second-order valence-corrected chi connectivity index (χ2v) is 5.59. The van der Waals surface area contributed by atoms with Crippen LogP contribution in [0.2, 0.25) is 0 Å². The van der Waals surface area contributed by atoms with Crippen LogP contribution in [0.1, 0.15) is 15.9 Å². The minimum absolute atomic E-state index is 0.0219. The van der Waals surface area contributed by atoms with E-state index in [-0.39, 0.29) is 23.9 Å². The minimum atomic E-state index is -0.975. The molecule has 6 nitrogen and oxygen atoms in total. The van der Waals surface area contributed by atoms with Gasteiger partial charge in [0.1, 0.15) is 6.54 Å². The van der Waals surface area contributed by atoms with Crippen molar-refractivity contribution in [1.29, 1.82) is 0 Å². The lowest BCUT2D eigenvalue weighted by molar-refractivity contribution is -0.132. The van der Waals surface area contributed by atoms with Gasteiger partial charge in [0.05, 0.1) is 17.2 Å². The van der Waals surface area contributed by atoms with Gasteiger partial charge in [-0.3, -0.25) is 9.59 Å². The van der Waals surface area contributed by atoms with Crippen LogP contribution in [0.15, 0.2) is 24.3 Å². The molecule has 1 fully saturated rings. The average molecular weight is 308 g/mol. The summed E-state index contributed by atoms with van der Waals surface area (Å²) in [4.78, 5) is 35.7. The summed E-state index contributed by atoms with van der Waals surface area (Å²) in [5, 5.41) is 11.8. The van der Waals surface area contributed by atoms with Crippen molar-refractivity contribution in [2.75, 3.05) is 24.7 Å². The third-order valence-corrected chi connectivity index (χ3v) is 4.07. The van der Waals surface area contributed by atoms with E-state index in [1.54, 1.807) is 24.3 Å². The molecule has 1 saturated heterocycles. The molecule has 2 rings (SSSR count). The van der Waals surface area contributed by atoms with Gasteiger partial charge in [-0.05, 0) is 18.1 Å². The van der Waals surface area contributed by atoms with Crippen LogP contribution in [0.3, 0.4) is 0 Å². The molecule has 1 aliphatic rings. The van der Waals surface area contributed by atoms with Gasteiger partial charge in [0.25, 0.3) is 0 Å². The van der Waals surface area contributed by atoms with Crippen LogP contribution in [0.25, 0.3) is 0 Å². The third kappa shape index (κ3) is 4.22. The largest absolute Gasteiger partial charge is 0.478 e. The standard InChI is InChI=1S/C14H16N2O4S/c17-12(7-16-9-21-8-13(16)18)15-6-5-10-3-1-2-4-11(10)14(19)20/h1-4H,5-9H2,(H,15,17)(H,19,20). The van der Waals surface area contributed by atoms with Crippen LogP contribution in [0.4, 0.5) is 0 Å². The molecular formula is C14H16N2O4S. The molecule has 0 spiro atoms. The zero-order valence-electron chi connectivity index (χ0n) is 11.4. The fourth-order valence-corrected chi connectivity index (χ4v) is 2.96. The maximum Gasteiger partial charge on any atom is 0.335 e. The molecule has 1 aromatic carbocycles. The van der Waals surface area contributed by atoms with Gasteiger partial charge in [-0.25, -0.2) is 4.79 Å². The van der Waals surface area contributed by atoms with Crippen molar-refractivity contribution < 1.29 is 19.5 Å². The Morgan fingerprint density at radius 2 is 2.10 bits per heavy atom. The van der Waals surface area contributed by atoms with E-state index in [2.05, 4.69) is 5.32 Å². The fraction of sp³-hybridized carbons (Fsp3) is 0.357. The SMILES string of the molecule is O=C(CN1CSCC1=O)NCCc1ccccc1C(=O)O. The van der Waals surface area contributed by atoms with E-state index in [4.69, 9.17) is 5.11 Å². The quantitative estimate of drug-likeness (QED) is 0.802. The van der Waals surface area contributed by atoms with Gasteiger partial charge in [-0.1, -0.05) is 18.2 Å². The topological polar surface area (TPSA) is 86.7 Å². The van der Waals surface area contributed by atoms with Crippen LogP contribution < -0.4 is 5.32 Å². The summed E-state index contributed by atoms with van der Waals surface area (Å²) in [6.07, 6.45) is 0.441. The van der Waals surface area contributed by atoms with Crippen LogP contribution >= 0.6 is 11.8 Å². The van der Waals surface area contributed by atoms with Gasteiger partial charge in [0.15, 0.2) is 0 Å². The Kier molecular flexibility index (Phi) is 5.21. The summed E-state index contributed by atoms with van der Waals surface area (Å²) in [5.41, 5.74) is 0.927. The summed E-state index contributed by atoms with van der Waals surface area (Å²) < 4.78 is 0. The molecule has 21 heavy (non-hydrogen) atoms. The molecule has 0 saturated carbocycles. The summed E-state index contributed by atoms with van der Waals surface area (Å²) in [5.74, 6) is -0.241. The summed E-state index contributed by atoms with van der Waals surface area (Å²) >= 11 is 1.49. The van der Waals surface area contributed by atoms with Gasteiger partial charge in [0, 0.05) is 6.54 Å². The molecule has 1 aromatic rings. The molecule has 0 aliphatic carbocycles. The number of amides is 2. The van der Waals surface area contributed by atoms with E-state index in [0.717, 1.165) is 0 Å². The second-order valence-electron chi connectivity index (χ2n) is 4.63. The van der Waals surface area contributed by atoms with Crippen molar-refractivity contribution in [2.45, 2.75) is 6.42 Å². The van der Waals surface area contributed by atoms with Crippen LogP contribution in [0.5, 0.6) is 0 Å².